The summed E-state index contributed by atoms with van der Waals surface area (Å²) < 4.78 is 59.5. The summed E-state index contributed by atoms with van der Waals surface area (Å²) in [5.74, 6) is -1.21. The SMILES string of the molecule is CCC(=O)ONP(=O)(OC[C@H]1O[C@@H](n2ccc(=O)[nH]c2=O)[C@](C)(F)[C@@H]1O)Oc1ccc(-c2cccc(F)c2)cc1. The first-order valence-corrected chi connectivity index (χ1v) is 13.6. The lowest BCUT2D eigenvalue weighted by Crippen LogP contribution is -2.43. The number of nitrogens with zero attached hydrogens (tertiary/aromatic N) is 1. The second-order valence-electron chi connectivity index (χ2n) is 8.98. The zero-order valence-electron chi connectivity index (χ0n) is 21.3. The summed E-state index contributed by atoms with van der Waals surface area (Å²) in [5, 5.41) is 12.5. The topological polar surface area (TPSA) is 158 Å². The van der Waals surface area contributed by atoms with Crippen LogP contribution in [0.2, 0.25) is 0 Å². The predicted molar refractivity (Wildman–Crippen MR) is 136 cm³/mol. The predicted octanol–water partition coefficient (Wildman–Crippen LogP) is 2.99. The summed E-state index contributed by atoms with van der Waals surface area (Å²) >= 11 is 0. The van der Waals surface area contributed by atoms with Crippen LogP contribution >= 0.6 is 7.75 Å². The van der Waals surface area contributed by atoms with Crippen LogP contribution in [0.3, 0.4) is 0 Å². The fourth-order valence-electron chi connectivity index (χ4n) is 3.90. The molecule has 40 heavy (non-hydrogen) atoms. The molecule has 3 aromatic rings. The Kier molecular flexibility index (Phi) is 8.66. The van der Waals surface area contributed by atoms with Crippen molar-refractivity contribution < 1.29 is 41.9 Å². The molecule has 1 saturated heterocycles. The van der Waals surface area contributed by atoms with Gasteiger partial charge in [0.2, 0.25) is 0 Å². The van der Waals surface area contributed by atoms with Crippen LogP contribution in [0.15, 0.2) is 70.4 Å². The molecule has 1 unspecified atom stereocenters. The van der Waals surface area contributed by atoms with Crippen molar-refractivity contribution in [2.75, 3.05) is 6.61 Å². The molecule has 1 aliphatic rings. The molecule has 1 aromatic heterocycles. The first kappa shape index (κ1) is 29.3. The van der Waals surface area contributed by atoms with E-state index in [-0.39, 0.29) is 12.2 Å². The number of aliphatic hydroxyl groups excluding tert-OH is 1. The fraction of sp³-hybridized carbons (Fsp3) is 0.320. The van der Waals surface area contributed by atoms with E-state index in [4.69, 9.17) is 18.6 Å². The van der Waals surface area contributed by atoms with Crippen LogP contribution < -0.4 is 21.0 Å². The van der Waals surface area contributed by atoms with Gasteiger partial charge in [-0.15, -0.1) is 0 Å². The number of H-pyrrole nitrogens is 1. The third-order valence-electron chi connectivity index (χ3n) is 6.03. The number of aromatic nitrogens is 2. The first-order chi connectivity index (χ1) is 18.9. The Bertz CT molecular complexity index is 1530. The smallest absolute Gasteiger partial charge is 0.411 e. The zero-order chi connectivity index (χ0) is 29.1. The molecule has 15 heteroatoms. The maximum absolute atomic E-state index is 15.5. The van der Waals surface area contributed by atoms with Crippen molar-refractivity contribution in [2.45, 2.75) is 44.4 Å². The van der Waals surface area contributed by atoms with Crippen molar-refractivity contribution in [1.29, 1.82) is 0 Å². The van der Waals surface area contributed by atoms with Gasteiger partial charge in [0, 0.05) is 18.7 Å². The molecule has 1 fully saturated rings. The van der Waals surface area contributed by atoms with Gasteiger partial charge in [0.25, 0.3) is 5.56 Å². The van der Waals surface area contributed by atoms with Gasteiger partial charge in [0.05, 0.1) is 6.61 Å². The highest BCUT2D eigenvalue weighted by atomic mass is 31.2. The first-order valence-electron chi connectivity index (χ1n) is 12.0. The normalized spacial score (nSPS) is 23.9. The van der Waals surface area contributed by atoms with Crippen LogP contribution in [0.1, 0.15) is 26.5 Å². The fourth-order valence-corrected chi connectivity index (χ4v) is 5.00. The number of aromatic amines is 1. The molecule has 0 aliphatic carbocycles. The van der Waals surface area contributed by atoms with Crippen molar-refractivity contribution in [3.63, 3.8) is 0 Å². The number of alkyl halides is 1. The molecule has 2 heterocycles. The quantitative estimate of drug-likeness (QED) is 0.240. The molecule has 0 saturated carbocycles. The van der Waals surface area contributed by atoms with Crippen LogP contribution in [0.25, 0.3) is 11.1 Å². The van der Waals surface area contributed by atoms with Crippen molar-refractivity contribution in [3.05, 3.63) is 87.4 Å². The van der Waals surface area contributed by atoms with Gasteiger partial charge in [-0.1, -0.05) is 31.2 Å². The molecule has 12 nitrogen and oxygen atoms in total. The van der Waals surface area contributed by atoms with Crippen LogP contribution in [-0.2, 0) is 23.5 Å². The van der Waals surface area contributed by atoms with Gasteiger partial charge in [-0.3, -0.25) is 23.7 Å². The molecule has 3 N–H and O–H groups in total. The molecule has 1 aliphatic heterocycles. The van der Waals surface area contributed by atoms with Crippen molar-refractivity contribution in [1.82, 2.24) is 14.8 Å². The monoisotopic (exact) mass is 581 g/mol. The van der Waals surface area contributed by atoms with Gasteiger partial charge in [-0.25, -0.2) is 18.1 Å². The third kappa shape index (κ3) is 6.54. The highest BCUT2D eigenvalue weighted by Gasteiger charge is 2.55. The lowest BCUT2D eigenvalue weighted by Gasteiger charge is -2.24. The number of carbonyl (C=O) groups excluding carboxylic acids is 1. The Balaban J connectivity index is 1.51. The maximum atomic E-state index is 15.5. The van der Waals surface area contributed by atoms with Gasteiger partial charge in [0.15, 0.2) is 11.9 Å². The second kappa shape index (κ2) is 11.8. The van der Waals surface area contributed by atoms with E-state index >= 15 is 4.39 Å². The molecule has 214 valence electrons. The molecular formula is C25H26F2N3O9P. The van der Waals surface area contributed by atoms with Gasteiger partial charge in [-0.2, -0.15) is 0 Å². The summed E-state index contributed by atoms with van der Waals surface area (Å²) in [7, 11) is -4.51. The lowest BCUT2D eigenvalue weighted by atomic mass is 9.98. The average Bonchev–Trinajstić information content (AvgIpc) is 3.14. The molecule has 0 bridgehead atoms. The van der Waals surface area contributed by atoms with E-state index in [1.165, 1.54) is 31.2 Å². The van der Waals surface area contributed by atoms with E-state index in [1.54, 1.807) is 24.3 Å². The Morgan fingerprint density at radius 3 is 2.58 bits per heavy atom. The van der Waals surface area contributed by atoms with Crippen molar-refractivity contribution in [2.24, 2.45) is 0 Å². The summed E-state index contributed by atoms with van der Waals surface area (Å²) in [5.41, 5.74) is -3.01. The summed E-state index contributed by atoms with van der Waals surface area (Å²) in [6.07, 6.45) is -4.06. The van der Waals surface area contributed by atoms with E-state index in [2.05, 4.69) is 0 Å². The molecule has 4 rings (SSSR count). The second-order valence-corrected chi connectivity index (χ2v) is 10.6. The van der Waals surface area contributed by atoms with Gasteiger partial charge in [0.1, 0.15) is 23.8 Å². The van der Waals surface area contributed by atoms with Crippen molar-refractivity contribution in [3.8, 4) is 16.9 Å². The van der Waals surface area contributed by atoms with E-state index in [9.17, 15) is 28.4 Å². The van der Waals surface area contributed by atoms with Gasteiger partial charge >= 0.3 is 19.4 Å². The average molecular weight is 581 g/mol. The number of rotatable bonds is 10. The van der Waals surface area contributed by atoms with Crippen LogP contribution in [-0.4, -0.2) is 45.1 Å². The van der Waals surface area contributed by atoms with E-state index in [0.29, 0.717) is 11.1 Å². The molecular weight excluding hydrogens is 555 g/mol. The Hall–Kier alpha value is -3.68. The zero-order valence-corrected chi connectivity index (χ0v) is 22.2. The summed E-state index contributed by atoms with van der Waals surface area (Å²) in [4.78, 5) is 41.9. The number of hydrogen-bond donors (Lipinski definition) is 3. The minimum absolute atomic E-state index is 0.00409. The maximum Gasteiger partial charge on any atom is 0.491 e. The third-order valence-corrected chi connectivity index (χ3v) is 7.28. The number of carbonyl (C=O) groups is 1. The number of ether oxygens (including phenoxy) is 1. The Labute approximate surface area is 226 Å². The molecule has 5 atom stereocenters. The molecule has 2 aromatic carbocycles. The Morgan fingerprint density at radius 1 is 1.20 bits per heavy atom. The minimum Gasteiger partial charge on any atom is -0.411 e. The number of nitrogens with one attached hydrogen (secondary N) is 2. The lowest BCUT2D eigenvalue weighted by molar-refractivity contribution is -0.147. The number of halogens is 2. The van der Waals surface area contributed by atoms with Gasteiger partial charge < -0.3 is 19.2 Å². The molecule has 0 spiro atoms. The van der Waals surface area contributed by atoms with E-state index in [0.717, 1.165) is 23.8 Å². The number of benzene rings is 2. The minimum atomic E-state index is -4.51. The molecule has 0 radical (unpaired) electrons. The van der Waals surface area contributed by atoms with Crippen LogP contribution in [0.4, 0.5) is 8.78 Å². The summed E-state index contributed by atoms with van der Waals surface area (Å²) in [6, 6.07) is 12.8. The van der Waals surface area contributed by atoms with E-state index < -0.39 is 61.5 Å². The number of hydrogen-bond acceptors (Lipinski definition) is 9. The standard InChI is InChI=1S/C25H26F2N3O9P/c1-3-21(32)38-29-40(35,39-18-9-7-15(8-10-18)16-5-4-6-17(26)13-16)36-14-19-22(33)25(2,27)23(37-19)30-12-11-20(31)28-24(30)34/h4-13,19,22-23,33H,3,14H2,1-2H3,(H,29,35)(H,28,31,34)/t19-,22-,23-,25-,40?/m1/s1. The van der Waals surface area contributed by atoms with Gasteiger partial charge in [-0.05, 0) is 47.6 Å². The Morgan fingerprint density at radius 2 is 1.93 bits per heavy atom. The highest BCUT2D eigenvalue weighted by molar-refractivity contribution is 7.51. The van der Waals surface area contributed by atoms with Crippen molar-refractivity contribution >= 4 is 13.7 Å². The highest BCUT2D eigenvalue weighted by Crippen LogP contribution is 2.47. The summed E-state index contributed by atoms with van der Waals surface area (Å²) in [6.45, 7) is 1.74. The van der Waals surface area contributed by atoms with Crippen LogP contribution in [0.5, 0.6) is 5.75 Å². The molecule has 0 amide bonds. The number of aliphatic hydroxyl groups is 1. The largest absolute Gasteiger partial charge is 0.491 e. The van der Waals surface area contributed by atoms with E-state index in [1.807, 2.05) is 10.2 Å². The van der Waals surface area contributed by atoms with Crippen LogP contribution in [0, 0.1) is 5.82 Å².